The Morgan fingerprint density at radius 2 is 2.10 bits per heavy atom. The van der Waals surface area contributed by atoms with E-state index in [2.05, 4.69) is 43.0 Å². The molecule has 1 saturated heterocycles. The topological polar surface area (TPSA) is 38.5 Å². The van der Waals surface area contributed by atoms with Crippen LogP contribution in [0.4, 0.5) is 0 Å². The summed E-state index contributed by atoms with van der Waals surface area (Å²) in [7, 11) is 0. The lowest BCUT2D eigenvalue weighted by molar-refractivity contribution is -0.106. The normalized spacial score (nSPS) is 29.7. The molecule has 116 valence electrons. The van der Waals surface area contributed by atoms with Gasteiger partial charge < -0.3 is 10.5 Å². The standard InChI is InChI=1S/C18H28N2O/c1-13-6-5-7-15(12-13)18(14(2)19)20-10-11-21-17-9-4-3-8-16(17)20/h5-7,12,14,16-18H,3-4,8-11,19H2,1-2H3. The van der Waals surface area contributed by atoms with Crippen LogP contribution in [0.25, 0.3) is 0 Å². The van der Waals surface area contributed by atoms with Crippen molar-refractivity contribution in [2.75, 3.05) is 13.2 Å². The molecule has 1 saturated carbocycles. The number of nitrogens with two attached hydrogens (primary N) is 1. The van der Waals surface area contributed by atoms with Crippen LogP contribution in [0.5, 0.6) is 0 Å². The van der Waals surface area contributed by atoms with E-state index in [4.69, 9.17) is 10.5 Å². The second-order valence-corrected chi connectivity index (χ2v) is 6.72. The molecule has 0 amide bonds. The van der Waals surface area contributed by atoms with Crippen molar-refractivity contribution >= 4 is 0 Å². The summed E-state index contributed by atoms with van der Waals surface area (Å²) in [5.74, 6) is 0. The van der Waals surface area contributed by atoms with Gasteiger partial charge in [0.1, 0.15) is 0 Å². The first-order valence-corrected chi connectivity index (χ1v) is 8.36. The number of rotatable bonds is 3. The quantitative estimate of drug-likeness (QED) is 0.929. The molecule has 4 unspecified atom stereocenters. The zero-order chi connectivity index (χ0) is 14.8. The van der Waals surface area contributed by atoms with E-state index >= 15 is 0 Å². The minimum atomic E-state index is 0.132. The number of hydrogen-bond acceptors (Lipinski definition) is 3. The van der Waals surface area contributed by atoms with Crippen LogP contribution in [0, 0.1) is 6.92 Å². The third kappa shape index (κ3) is 3.15. The molecular formula is C18H28N2O. The number of ether oxygens (including phenoxy) is 1. The highest BCUT2D eigenvalue weighted by Crippen LogP contribution is 2.35. The van der Waals surface area contributed by atoms with Crippen molar-refractivity contribution < 1.29 is 4.74 Å². The largest absolute Gasteiger partial charge is 0.375 e. The number of hydrogen-bond donors (Lipinski definition) is 1. The highest BCUT2D eigenvalue weighted by molar-refractivity contribution is 5.26. The maximum Gasteiger partial charge on any atom is 0.0731 e. The third-order valence-corrected chi connectivity index (χ3v) is 5.01. The Balaban J connectivity index is 1.89. The lowest BCUT2D eigenvalue weighted by atomic mass is 9.87. The van der Waals surface area contributed by atoms with Gasteiger partial charge in [0.05, 0.1) is 18.8 Å². The SMILES string of the molecule is Cc1cccc(C(C(C)N)N2CCOC3CCCCC32)c1. The van der Waals surface area contributed by atoms with Gasteiger partial charge in [0, 0.05) is 18.6 Å². The number of benzene rings is 1. The molecule has 0 aromatic heterocycles. The smallest absolute Gasteiger partial charge is 0.0731 e. The number of nitrogens with zero attached hydrogens (tertiary/aromatic N) is 1. The first-order chi connectivity index (χ1) is 10.2. The Hall–Kier alpha value is -0.900. The molecule has 1 aliphatic heterocycles. The van der Waals surface area contributed by atoms with Crippen molar-refractivity contribution in [3.05, 3.63) is 35.4 Å². The van der Waals surface area contributed by atoms with Gasteiger partial charge in [-0.05, 0) is 32.3 Å². The summed E-state index contributed by atoms with van der Waals surface area (Å²) in [6.45, 7) is 6.14. The monoisotopic (exact) mass is 288 g/mol. The molecule has 3 nitrogen and oxygen atoms in total. The second-order valence-electron chi connectivity index (χ2n) is 6.72. The number of fused-ring (bicyclic) bond motifs is 1. The van der Waals surface area contributed by atoms with Crippen molar-refractivity contribution in [1.29, 1.82) is 0 Å². The third-order valence-electron chi connectivity index (χ3n) is 5.01. The fraction of sp³-hybridized carbons (Fsp3) is 0.667. The van der Waals surface area contributed by atoms with Crippen molar-refractivity contribution in [2.45, 2.75) is 63.8 Å². The van der Waals surface area contributed by atoms with Gasteiger partial charge >= 0.3 is 0 Å². The molecule has 0 bridgehead atoms. The molecule has 3 heteroatoms. The van der Waals surface area contributed by atoms with Crippen molar-refractivity contribution in [2.24, 2.45) is 5.73 Å². The van der Waals surface area contributed by atoms with E-state index in [1.54, 1.807) is 0 Å². The predicted molar refractivity (Wildman–Crippen MR) is 86.3 cm³/mol. The first-order valence-electron chi connectivity index (χ1n) is 8.36. The lowest BCUT2D eigenvalue weighted by Gasteiger charge is -2.48. The number of morpholine rings is 1. The summed E-state index contributed by atoms with van der Waals surface area (Å²) >= 11 is 0. The van der Waals surface area contributed by atoms with Crippen molar-refractivity contribution in [3.8, 4) is 0 Å². The van der Waals surface area contributed by atoms with Gasteiger partial charge in [-0.3, -0.25) is 4.90 Å². The molecule has 1 aliphatic carbocycles. The van der Waals surface area contributed by atoms with Gasteiger partial charge in [-0.15, -0.1) is 0 Å². The van der Waals surface area contributed by atoms with Crippen LogP contribution in [-0.2, 0) is 4.74 Å². The van der Waals surface area contributed by atoms with E-state index in [9.17, 15) is 0 Å². The van der Waals surface area contributed by atoms with Crippen LogP contribution < -0.4 is 5.73 Å². The summed E-state index contributed by atoms with van der Waals surface area (Å²) in [6.07, 6.45) is 5.50. The Bertz CT molecular complexity index is 472. The van der Waals surface area contributed by atoms with E-state index in [1.807, 2.05) is 0 Å². The maximum absolute atomic E-state index is 6.39. The summed E-state index contributed by atoms with van der Waals surface area (Å²) in [5, 5.41) is 0. The molecule has 0 radical (unpaired) electrons. The van der Waals surface area contributed by atoms with Gasteiger partial charge in [-0.2, -0.15) is 0 Å². The fourth-order valence-electron chi connectivity index (χ4n) is 4.12. The van der Waals surface area contributed by atoms with Crippen LogP contribution in [0.3, 0.4) is 0 Å². The Kier molecular flexibility index (Phi) is 4.63. The Morgan fingerprint density at radius 1 is 1.29 bits per heavy atom. The molecule has 3 rings (SSSR count). The molecule has 1 aromatic carbocycles. The minimum Gasteiger partial charge on any atom is -0.375 e. The molecule has 2 N–H and O–H groups in total. The molecule has 0 spiro atoms. The van der Waals surface area contributed by atoms with Crippen LogP contribution >= 0.6 is 0 Å². The first kappa shape index (κ1) is 15.0. The summed E-state index contributed by atoms with van der Waals surface area (Å²) in [6, 6.07) is 9.81. The highest BCUT2D eigenvalue weighted by Gasteiger charge is 2.39. The highest BCUT2D eigenvalue weighted by atomic mass is 16.5. The second kappa shape index (κ2) is 6.47. The van der Waals surface area contributed by atoms with E-state index in [0.29, 0.717) is 18.2 Å². The molecule has 2 aliphatic rings. The molecule has 21 heavy (non-hydrogen) atoms. The summed E-state index contributed by atoms with van der Waals surface area (Å²) < 4.78 is 6.02. The van der Waals surface area contributed by atoms with Crippen LogP contribution in [0.15, 0.2) is 24.3 Å². The Morgan fingerprint density at radius 3 is 2.86 bits per heavy atom. The van der Waals surface area contributed by atoms with E-state index in [1.165, 1.54) is 36.8 Å². The molecular weight excluding hydrogens is 260 g/mol. The molecule has 1 aromatic rings. The molecule has 2 fully saturated rings. The van der Waals surface area contributed by atoms with Crippen LogP contribution in [-0.4, -0.2) is 36.2 Å². The molecule has 4 atom stereocenters. The zero-order valence-corrected chi connectivity index (χ0v) is 13.3. The average molecular weight is 288 g/mol. The van der Waals surface area contributed by atoms with Gasteiger partial charge in [0.2, 0.25) is 0 Å². The van der Waals surface area contributed by atoms with Gasteiger partial charge in [0.15, 0.2) is 0 Å². The van der Waals surface area contributed by atoms with E-state index in [0.717, 1.165) is 13.2 Å². The van der Waals surface area contributed by atoms with Crippen molar-refractivity contribution in [1.82, 2.24) is 4.90 Å². The maximum atomic E-state index is 6.39. The fourth-order valence-corrected chi connectivity index (χ4v) is 4.12. The summed E-state index contributed by atoms with van der Waals surface area (Å²) in [5.41, 5.74) is 9.06. The number of aryl methyl sites for hydroxylation is 1. The van der Waals surface area contributed by atoms with Gasteiger partial charge in [-0.1, -0.05) is 42.7 Å². The van der Waals surface area contributed by atoms with E-state index < -0.39 is 0 Å². The van der Waals surface area contributed by atoms with Gasteiger partial charge in [0.25, 0.3) is 0 Å². The van der Waals surface area contributed by atoms with E-state index in [-0.39, 0.29) is 6.04 Å². The van der Waals surface area contributed by atoms with Crippen LogP contribution in [0.2, 0.25) is 0 Å². The minimum absolute atomic E-state index is 0.132. The predicted octanol–water partition coefficient (Wildman–Crippen LogP) is 3.03. The van der Waals surface area contributed by atoms with Crippen LogP contribution in [0.1, 0.15) is 49.8 Å². The lowest BCUT2D eigenvalue weighted by Crippen LogP contribution is -2.56. The molecule has 1 heterocycles. The van der Waals surface area contributed by atoms with Crippen molar-refractivity contribution in [3.63, 3.8) is 0 Å². The zero-order valence-electron chi connectivity index (χ0n) is 13.3. The van der Waals surface area contributed by atoms with Gasteiger partial charge in [-0.25, -0.2) is 0 Å². The average Bonchev–Trinajstić information content (AvgIpc) is 2.47. The Labute approximate surface area is 128 Å². The summed E-state index contributed by atoms with van der Waals surface area (Å²) in [4.78, 5) is 2.63.